The minimum atomic E-state index is -0.520. The highest BCUT2D eigenvalue weighted by Crippen LogP contribution is 2.35. The van der Waals surface area contributed by atoms with E-state index in [2.05, 4.69) is 10.4 Å². The summed E-state index contributed by atoms with van der Waals surface area (Å²) in [6, 6.07) is 3.59. The first kappa shape index (κ1) is 21.8. The number of ether oxygens (including phenoxy) is 1. The fourth-order valence-electron chi connectivity index (χ4n) is 4.17. The number of aryl methyl sites for hydroxylation is 1. The summed E-state index contributed by atoms with van der Waals surface area (Å²) >= 11 is 0. The Hall–Kier alpha value is -3.43. The second-order valence-electron chi connectivity index (χ2n) is 9.35. The first-order valence-corrected chi connectivity index (χ1v) is 10.7. The Bertz CT molecular complexity index is 1150. The van der Waals surface area contributed by atoms with Gasteiger partial charge in [-0.3, -0.25) is 19.5 Å². The maximum Gasteiger partial charge on any atom is 0.407 e. The number of nitrogens with one attached hydrogen (secondary N) is 1. The summed E-state index contributed by atoms with van der Waals surface area (Å²) in [4.78, 5) is 23.3. The minimum Gasteiger partial charge on any atom is -0.444 e. The van der Waals surface area contributed by atoms with Crippen LogP contribution >= 0.6 is 0 Å². The number of nitro benzene ring substituents is 1. The molecular weight excluding hydrogens is 412 g/mol. The van der Waals surface area contributed by atoms with Crippen LogP contribution in [0, 0.1) is 10.1 Å². The van der Waals surface area contributed by atoms with Crippen molar-refractivity contribution in [1.82, 2.24) is 24.9 Å². The fraction of sp³-hybridized carbons (Fsp3) is 0.500. The first-order chi connectivity index (χ1) is 15.1. The number of benzene rings is 1. The van der Waals surface area contributed by atoms with E-state index in [9.17, 15) is 14.9 Å². The summed E-state index contributed by atoms with van der Waals surface area (Å²) in [7, 11) is 1.77. The number of amides is 1. The van der Waals surface area contributed by atoms with Crippen molar-refractivity contribution in [3.63, 3.8) is 0 Å². The summed E-state index contributed by atoms with van der Waals surface area (Å²) in [5.74, 6) is 0. The van der Waals surface area contributed by atoms with Crippen LogP contribution in [-0.2, 0) is 11.8 Å². The van der Waals surface area contributed by atoms with E-state index in [0.29, 0.717) is 16.6 Å². The molecule has 1 saturated carbocycles. The van der Waals surface area contributed by atoms with E-state index in [1.807, 2.05) is 31.6 Å². The molecule has 1 amide bonds. The van der Waals surface area contributed by atoms with Crippen LogP contribution in [-0.4, -0.2) is 42.2 Å². The molecule has 10 nitrogen and oxygen atoms in total. The lowest BCUT2D eigenvalue weighted by Crippen LogP contribution is -2.41. The van der Waals surface area contributed by atoms with Crippen LogP contribution in [0.3, 0.4) is 0 Å². The van der Waals surface area contributed by atoms with Crippen LogP contribution in [0.2, 0.25) is 0 Å². The highest BCUT2D eigenvalue weighted by molar-refractivity contribution is 5.89. The predicted octanol–water partition coefficient (Wildman–Crippen LogP) is 4.35. The number of nitro groups is 1. The van der Waals surface area contributed by atoms with Gasteiger partial charge in [-0.2, -0.15) is 10.2 Å². The first-order valence-electron chi connectivity index (χ1n) is 10.7. The summed E-state index contributed by atoms with van der Waals surface area (Å²) in [6.07, 6.45) is 8.21. The molecule has 2 aromatic heterocycles. The molecule has 1 N–H and O–H groups in total. The van der Waals surface area contributed by atoms with Crippen molar-refractivity contribution in [2.75, 3.05) is 0 Å². The molecule has 0 saturated heterocycles. The number of nitrogens with zero attached hydrogens (tertiary/aromatic N) is 5. The molecule has 170 valence electrons. The molecule has 10 heteroatoms. The Morgan fingerprint density at radius 2 is 1.94 bits per heavy atom. The number of alkyl carbamates (subject to hydrolysis) is 1. The van der Waals surface area contributed by atoms with Gasteiger partial charge in [0, 0.05) is 42.5 Å². The average Bonchev–Trinajstić information content (AvgIpc) is 3.31. The molecule has 2 heterocycles. The molecule has 1 aliphatic rings. The van der Waals surface area contributed by atoms with Crippen LogP contribution in [0.15, 0.2) is 30.7 Å². The zero-order valence-corrected chi connectivity index (χ0v) is 18.7. The minimum absolute atomic E-state index is 0.0373. The lowest BCUT2D eigenvalue weighted by molar-refractivity contribution is -0.384. The number of rotatable bonds is 4. The molecule has 0 radical (unpaired) electrons. The van der Waals surface area contributed by atoms with Crippen LogP contribution in [0.1, 0.15) is 52.5 Å². The van der Waals surface area contributed by atoms with Gasteiger partial charge in [0.1, 0.15) is 5.60 Å². The number of fused-ring (bicyclic) bond motifs is 1. The van der Waals surface area contributed by atoms with Crippen molar-refractivity contribution in [1.29, 1.82) is 0 Å². The van der Waals surface area contributed by atoms with Gasteiger partial charge in [-0.25, -0.2) is 4.79 Å². The van der Waals surface area contributed by atoms with E-state index in [1.54, 1.807) is 36.3 Å². The Kier molecular flexibility index (Phi) is 5.62. The molecule has 0 aliphatic heterocycles. The number of carbonyl (C=O) groups is 1. The van der Waals surface area contributed by atoms with E-state index < -0.39 is 5.60 Å². The van der Waals surface area contributed by atoms with Crippen LogP contribution in [0.25, 0.3) is 22.0 Å². The number of hydrogen-bond acceptors (Lipinski definition) is 6. The SMILES string of the molecule is Cn1cc(-c2cc3nn(C4CCC(NC(=O)OC(C)(C)C)CC4)cc3cc2[N+](=O)[O-])cn1. The monoisotopic (exact) mass is 440 g/mol. The third kappa shape index (κ3) is 4.74. The molecule has 1 aliphatic carbocycles. The van der Waals surface area contributed by atoms with Gasteiger partial charge in [0.05, 0.1) is 28.2 Å². The van der Waals surface area contributed by atoms with Crippen molar-refractivity contribution < 1.29 is 14.5 Å². The van der Waals surface area contributed by atoms with Gasteiger partial charge in [0.15, 0.2) is 0 Å². The molecule has 0 unspecified atom stereocenters. The molecule has 0 atom stereocenters. The fourth-order valence-corrected chi connectivity index (χ4v) is 4.17. The Labute approximate surface area is 185 Å². The molecule has 1 aromatic carbocycles. The normalized spacial score (nSPS) is 19.1. The molecule has 4 rings (SSSR count). The smallest absolute Gasteiger partial charge is 0.407 e. The predicted molar refractivity (Wildman–Crippen MR) is 119 cm³/mol. The van der Waals surface area contributed by atoms with E-state index >= 15 is 0 Å². The van der Waals surface area contributed by atoms with Gasteiger partial charge < -0.3 is 10.1 Å². The van der Waals surface area contributed by atoms with Crippen molar-refractivity contribution >= 4 is 22.7 Å². The highest BCUT2D eigenvalue weighted by Gasteiger charge is 2.27. The second kappa shape index (κ2) is 8.25. The van der Waals surface area contributed by atoms with E-state index in [-0.39, 0.29) is 28.8 Å². The topological polar surface area (TPSA) is 117 Å². The van der Waals surface area contributed by atoms with E-state index in [4.69, 9.17) is 9.84 Å². The van der Waals surface area contributed by atoms with Gasteiger partial charge in [-0.15, -0.1) is 0 Å². The van der Waals surface area contributed by atoms with Crippen LogP contribution in [0.4, 0.5) is 10.5 Å². The number of hydrogen-bond donors (Lipinski definition) is 1. The van der Waals surface area contributed by atoms with Gasteiger partial charge in [0.2, 0.25) is 0 Å². The van der Waals surface area contributed by atoms with Gasteiger partial charge >= 0.3 is 6.09 Å². The summed E-state index contributed by atoms with van der Waals surface area (Å²) in [5.41, 5.74) is 1.42. The van der Waals surface area contributed by atoms with Gasteiger partial charge in [-0.05, 0) is 52.5 Å². The highest BCUT2D eigenvalue weighted by atomic mass is 16.6. The van der Waals surface area contributed by atoms with E-state index in [0.717, 1.165) is 31.1 Å². The second-order valence-corrected chi connectivity index (χ2v) is 9.35. The van der Waals surface area contributed by atoms with Crippen LogP contribution in [0.5, 0.6) is 0 Å². The average molecular weight is 441 g/mol. The lowest BCUT2D eigenvalue weighted by atomic mass is 9.91. The largest absolute Gasteiger partial charge is 0.444 e. The summed E-state index contributed by atoms with van der Waals surface area (Å²) in [6.45, 7) is 5.53. The Morgan fingerprint density at radius 3 is 2.53 bits per heavy atom. The Balaban J connectivity index is 1.50. The quantitative estimate of drug-likeness (QED) is 0.476. The van der Waals surface area contributed by atoms with Crippen molar-refractivity contribution in [2.45, 2.75) is 64.1 Å². The van der Waals surface area contributed by atoms with Crippen molar-refractivity contribution in [3.05, 3.63) is 40.8 Å². The standard InChI is InChI=1S/C22H28N6O4/c1-22(2,3)32-21(29)24-16-5-7-17(8-6-16)27-13-14-9-20(28(30)31)18(10-19(14)25-27)15-11-23-26(4)12-15/h9-13,16-17H,5-8H2,1-4H3,(H,24,29). The summed E-state index contributed by atoms with van der Waals surface area (Å²) < 4.78 is 8.87. The zero-order valence-electron chi connectivity index (χ0n) is 18.7. The lowest BCUT2D eigenvalue weighted by Gasteiger charge is -2.30. The maximum atomic E-state index is 12.0. The molecule has 32 heavy (non-hydrogen) atoms. The molecular formula is C22H28N6O4. The third-order valence-corrected chi connectivity index (χ3v) is 5.64. The molecule has 0 spiro atoms. The Morgan fingerprint density at radius 1 is 1.22 bits per heavy atom. The van der Waals surface area contributed by atoms with Crippen molar-refractivity contribution in [3.8, 4) is 11.1 Å². The summed E-state index contributed by atoms with van der Waals surface area (Å²) in [5, 5.41) is 24.2. The van der Waals surface area contributed by atoms with Crippen molar-refractivity contribution in [2.24, 2.45) is 7.05 Å². The molecule has 3 aromatic rings. The molecule has 1 fully saturated rings. The zero-order chi connectivity index (χ0) is 23.0. The van der Waals surface area contributed by atoms with Gasteiger partial charge in [-0.1, -0.05) is 0 Å². The molecule has 0 bridgehead atoms. The number of carbonyl (C=O) groups excluding carboxylic acids is 1. The maximum absolute atomic E-state index is 12.0. The van der Waals surface area contributed by atoms with Gasteiger partial charge in [0.25, 0.3) is 5.69 Å². The van der Waals surface area contributed by atoms with Crippen LogP contribution < -0.4 is 5.32 Å². The third-order valence-electron chi connectivity index (χ3n) is 5.64. The number of aromatic nitrogens is 4. The van der Waals surface area contributed by atoms with E-state index in [1.165, 1.54) is 0 Å².